The lowest BCUT2D eigenvalue weighted by Crippen LogP contribution is -2.29. The van der Waals surface area contributed by atoms with Gasteiger partial charge in [-0.2, -0.15) is 4.99 Å². The van der Waals surface area contributed by atoms with Crippen molar-refractivity contribution >= 4 is 29.0 Å². The zero-order valence-corrected chi connectivity index (χ0v) is 18.3. The van der Waals surface area contributed by atoms with Crippen LogP contribution in [-0.2, 0) is 12.0 Å². The predicted molar refractivity (Wildman–Crippen MR) is 112 cm³/mol. The van der Waals surface area contributed by atoms with Gasteiger partial charge in [0.1, 0.15) is 10.4 Å². The summed E-state index contributed by atoms with van der Waals surface area (Å²) in [5, 5.41) is 11.0. The maximum atomic E-state index is 12.9. The highest BCUT2D eigenvalue weighted by molar-refractivity contribution is 7.04. The van der Waals surface area contributed by atoms with E-state index in [1.807, 2.05) is 6.20 Å². The molecule has 1 unspecified atom stereocenters. The van der Waals surface area contributed by atoms with E-state index < -0.39 is 12.0 Å². The number of benzene rings is 1. The number of carbonyl (C=O) groups excluding carboxylic acids is 1. The Morgan fingerprint density at radius 1 is 1.43 bits per heavy atom. The molecule has 1 amide bonds. The number of amides is 1. The van der Waals surface area contributed by atoms with E-state index in [-0.39, 0.29) is 5.54 Å². The van der Waals surface area contributed by atoms with Crippen molar-refractivity contribution in [3.8, 4) is 5.75 Å². The number of hydrogen-bond acceptors (Lipinski definition) is 4. The van der Waals surface area contributed by atoms with Gasteiger partial charge in [0.2, 0.25) is 0 Å². The van der Waals surface area contributed by atoms with Gasteiger partial charge in [0, 0.05) is 28.7 Å². The SMILES string of the molecule is COc1ccc(Cl)cc1C(=O)N=c1sn(C(C)(C)C)cc1CC(O)C1CCC1. The fourth-order valence-corrected chi connectivity index (χ4v) is 4.34. The first kappa shape index (κ1) is 21.1. The minimum atomic E-state index is -0.401. The molecule has 1 atom stereocenters. The minimum absolute atomic E-state index is 0.134. The van der Waals surface area contributed by atoms with Crippen LogP contribution in [0.2, 0.25) is 5.02 Å². The highest BCUT2D eigenvalue weighted by atomic mass is 35.5. The lowest BCUT2D eigenvalue weighted by Gasteiger charge is -2.30. The fourth-order valence-electron chi connectivity index (χ4n) is 3.15. The first-order chi connectivity index (χ1) is 13.2. The first-order valence-corrected chi connectivity index (χ1v) is 10.7. The number of hydrogen-bond donors (Lipinski definition) is 1. The molecule has 0 bridgehead atoms. The minimum Gasteiger partial charge on any atom is -0.496 e. The average Bonchev–Trinajstić information content (AvgIpc) is 2.96. The molecule has 0 saturated heterocycles. The van der Waals surface area contributed by atoms with Crippen LogP contribution in [0.1, 0.15) is 56.0 Å². The van der Waals surface area contributed by atoms with Crippen LogP contribution in [0.15, 0.2) is 29.4 Å². The third kappa shape index (κ3) is 4.67. The van der Waals surface area contributed by atoms with Gasteiger partial charge in [0.15, 0.2) is 0 Å². The molecular weight excluding hydrogens is 396 g/mol. The molecule has 152 valence electrons. The Kier molecular flexibility index (Phi) is 6.32. The molecule has 3 rings (SSSR count). The van der Waals surface area contributed by atoms with E-state index in [4.69, 9.17) is 16.3 Å². The van der Waals surface area contributed by atoms with Crippen molar-refractivity contribution in [2.24, 2.45) is 10.9 Å². The van der Waals surface area contributed by atoms with Gasteiger partial charge in [-0.25, -0.2) is 0 Å². The van der Waals surface area contributed by atoms with Crippen LogP contribution in [0, 0.1) is 5.92 Å². The lowest BCUT2D eigenvalue weighted by atomic mass is 9.79. The maximum Gasteiger partial charge on any atom is 0.282 e. The number of rotatable bonds is 5. The van der Waals surface area contributed by atoms with Gasteiger partial charge < -0.3 is 9.84 Å². The van der Waals surface area contributed by atoms with Gasteiger partial charge in [-0.05, 0) is 69.3 Å². The van der Waals surface area contributed by atoms with Crippen molar-refractivity contribution in [2.75, 3.05) is 7.11 Å². The van der Waals surface area contributed by atoms with Crippen LogP contribution < -0.4 is 9.41 Å². The topological polar surface area (TPSA) is 63.8 Å². The Morgan fingerprint density at radius 2 is 2.14 bits per heavy atom. The Labute approximate surface area is 174 Å². The number of ether oxygens (including phenoxy) is 1. The highest BCUT2D eigenvalue weighted by Crippen LogP contribution is 2.31. The van der Waals surface area contributed by atoms with Gasteiger partial charge in [0.25, 0.3) is 5.91 Å². The van der Waals surface area contributed by atoms with Crippen molar-refractivity contribution < 1.29 is 14.6 Å². The monoisotopic (exact) mass is 422 g/mol. The second-order valence-corrected chi connectivity index (χ2v) is 9.67. The summed E-state index contributed by atoms with van der Waals surface area (Å²) in [5.41, 5.74) is 1.09. The number of methoxy groups -OCH3 is 1. The summed E-state index contributed by atoms with van der Waals surface area (Å²) in [7, 11) is 1.51. The second-order valence-electron chi connectivity index (χ2n) is 8.27. The third-order valence-corrected chi connectivity index (χ3v) is 6.72. The summed E-state index contributed by atoms with van der Waals surface area (Å²) in [4.78, 5) is 17.3. The van der Waals surface area contributed by atoms with Crippen LogP contribution in [0.25, 0.3) is 0 Å². The second kappa shape index (κ2) is 8.39. The van der Waals surface area contributed by atoms with Crippen molar-refractivity contribution in [1.82, 2.24) is 3.96 Å². The maximum absolute atomic E-state index is 12.9. The molecule has 1 aliphatic rings. The zero-order valence-electron chi connectivity index (χ0n) is 16.7. The first-order valence-electron chi connectivity index (χ1n) is 9.52. The smallest absolute Gasteiger partial charge is 0.282 e. The summed E-state index contributed by atoms with van der Waals surface area (Å²) in [6, 6.07) is 4.91. The molecule has 1 N–H and O–H groups in total. The Balaban J connectivity index is 2.00. The standard InChI is InChI=1S/C21H27ClN2O3S/c1-21(2,3)24-12-14(10-17(25)13-6-5-7-13)20(28-24)23-19(26)16-11-15(22)8-9-18(16)27-4/h8-9,11-13,17,25H,5-7,10H2,1-4H3. The predicted octanol–water partition coefficient (Wildman–Crippen LogP) is 4.41. The summed E-state index contributed by atoms with van der Waals surface area (Å²) in [5.74, 6) is 0.385. The van der Waals surface area contributed by atoms with E-state index >= 15 is 0 Å². The van der Waals surface area contributed by atoms with E-state index in [0.29, 0.717) is 33.3 Å². The van der Waals surface area contributed by atoms with E-state index in [0.717, 1.165) is 18.4 Å². The fraction of sp³-hybridized carbons (Fsp3) is 0.524. The highest BCUT2D eigenvalue weighted by Gasteiger charge is 2.27. The van der Waals surface area contributed by atoms with Crippen LogP contribution >= 0.6 is 23.1 Å². The molecule has 0 spiro atoms. The number of aromatic nitrogens is 1. The number of nitrogens with zero attached hydrogens (tertiary/aromatic N) is 2. The molecule has 7 heteroatoms. The van der Waals surface area contributed by atoms with Crippen LogP contribution in [-0.4, -0.2) is 28.2 Å². The van der Waals surface area contributed by atoms with Crippen molar-refractivity contribution in [1.29, 1.82) is 0 Å². The number of halogens is 1. The van der Waals surface area contributed by atoms with Gasteiger partial charge in [-0.3, -0.25) is 8.75 Å². The van der Waals surface area contributed by atoms with Gasteiger partial charge >= 0.3 is 0 Å². The molecule has 1 aromatic heterocycles. The van der Waals surface area contributed by atoms with Crippen LogP contribution in [0.4, 0.5) is 0 Å². The molecule has 0 aliphatic heterocycles. The summed E-state index contributed by atoms with van der Waals surface area (Å²) >= 11 is 7.49. The van der Waals surface area contributed by atoms with E-state index in [1.165, 1.54) is 25.1 Å². The Morgan fingerprint density at radius 3 is 2.71 bits per heavy atom. The van der Waals surface area contributed by atoms with Crippen molar-refractivity contribution in [3.05, 3.63) is 45.2 Å². The molecule has 1 heterocycles. The number of carbonyl (C=O) groups is 1. The third-order valence-electron chi connectivity index (χ3n) is 5.11. The molecule has 1 saturated carbocycles. The normalized spacial score (nSPS) is 16.7. The van der Waals surface area contributed by atoms with Crippen LogP contribution in [0.5, 0.6) is 5.75 Å². The number of aliphatic hydroxyl groups excluding tert-OH is 1. The Bertz CT molecular complexity index is 922. The van der Waals surface area contributed by atoms with Gasteiger partial charge in [-0.1, -0.05) is 18.0 Å². The summed E-state index contributed by atoms with van der Waals surface area (Å²) < 4.78 is 7.99. The molecule has 0 radical (unpaired) electrons. The van der Waals surface area contributed by atoms with E-state index in [9.17, 15) is 9.90 Å². The van der Waals surface area contributed by atoms with E-state index in [2.05, 4.69) is 29.7 Å². The largest absolute Gasteiger partial charge is 0.496 e. The summed E-state index contributed by atoms with van der Waals surface area (Å²) in [6.45, 7) is 6.30. The number of aliphatic hydroxyl groups is 1. The lowest BCUT2D eigenvalue weighted by molar-refractivity contribution is 0.0627. The van der Waals surface area contributed by atoms with E-state index in [1.54, 1.807) is 18.2 Å². The Hall–Kier alpha value is -1.63. The van der Waals surface area contributed by atoms with Crippen LogP contribution in [0.3, 0.4) is 0 Å². The molecule has 2 aromatic rings. The molecule has 1 aliphatic carbocycles. The quantitative estimate of drug-likeness (QED) is 0.776. The summed E-state index contributed by atoms with van der Waals surface area (Å²) in [6.07, 6.45) is 5.42. The molecule has 5 nitrogen and oxygen atoms in total. The molecule has 1 aromatic carbocycles. The van der Waals surface area contributed by atoms with Gasteiger partial charge in [-0.15, -0.1) is 0 Å². The average molecular weight is 423 g/mol. The van der Waals surface area contributed by atoms with Gasteiger partial charge in [0.05, 0.1) is 18.8 Å². The molecule has 28 heavy (non-hydrogen) atoms. The molecular formula is C21H27ClN2O3S. The van der Waals surface area contributed by atoms with Crippen molar-refractivity contribution in [2.45, 2.75) is 58.1 Å². The zero-order chi connectivity index (χ0) is 20.5. The molecule has 1 fully saturated rings. The van der Waals surface area contributed by atoms with Crippen molar-refractivity contribution in [3.63, 3.8) is 0 Å².